The minimum atomic E-state index is 0.170. The summed E-state index contributed by atoms with van der Waals surface area (Å²) in [6.45, 7) is 0.170. The Morgan fingerprint density at radius 3 is 2.44 bits per heavy atom. The molecule has 0 saturated heterocycles. The molecule has 1 nitrogen and oxygen atoms in total. The van der Waals surface area contributed by atoms with Gasteiger partial charge in [-0.05, 0) is 47.2 Å². The predicted octanol–water partition coefficient (Wildman–Crippen LogP) is 3.32. The second-order valence-corrected chi connectivity index (χ2v) is 4.62. The van der Waals surface area contributed by atoms with E-state index >= 15 is 0 Å². The lowest BCUT2D eigenvalue weighted by atomic mass is 10.2. The molecule has 90 valence electrons. The number of hydrogen-bond acceptors (Lipinski definition) is 2. The Balaban J connectivity index is 2.09. The first-order valence-electron chi connectivity index (χ1n) is 5.82. The molecule has 0 unspecified atom stereocenters. The van der Waals surface area contributed by atoms with Crippen LogP contribution in [0.5, 0.6) is 0 Å². The van der Waals surface area contributed by atoms with Crippen LogP contribution in [0.25, 0.3) is 0 Å². The summed E-state index contributed by atoms with van der Waals surface area (Å²) in [6, 6.07) is 18.0. The Labute approximate surface area is 112 Å². The van der Waals surface area contributed by atoms with E-state index in [0.29, 0.717) is 6.42 Å². The van der Waals surface area contributed by atoms with E-state index in [4.69, 9.17) is 5.11 Å². The molecule has 18 heavy (non-hydrogen) atoms. The van der Waals surface area contributed by atoms with Gasteiger partial charge in [0.25, 0.3) is 0 Å². The third-order valence-electron chi connectivity index (χ3n) is 2.48. The van der Waals surface area contributed by atoms with Crippen LogP contribution in [0, 0.1) is 11.2 Å². The van der Waals surface area contributed by atoms with E-state index < -0.39 is 0 Å². The van der Waals surface area contributed by atoms with Gasteiger partial charge in [-0.25, -0.2) is 0 Å². The van der Waals surface area contributed by atoms with Crippen molar-refractivity contribution in [2.75, 3.05) is 6.61 Å². The monoisotopic (exact) mass is 254 g/mol. The molecule has 0 atom stereocenters. The molecule has 0 aliphatic rings. The lowest BCUT2D eigenvalue weighted by Crippen LogP contribution is -1.92. The van der Waals surface area contributed by atoms with Crippen molar-refractivity contribution < 1.29 is 5.11 Å². The van der Waals surface area contributed by atoms with Gasteiger partial charge in [0.15, 0.2) is 0 Å². The smallest absolute Gasteiger partial charge is 0.0471 e. The molecule has 0 amide bonds. The molecule has 2 rings (SSSR count). The minimum absolute atomic E-state index is 0.170. The normalized spacial score (nSPS) is 9.61. The summed E-state index contributed by atoms with van der Waals surface area (Å²) in [5, 5.41) is 12.1. The number of aliphatic hydroxyl groups is 1. The summed E-state index contributed by atoms with van der Waals surface area (Å²) in [5.41, 5.74) is 2.16. The second kappa shape index (κ2) is 6.90. The fourth-order valence-corrected chi connectivity index (χ4v) is 2.32. The second-order valence-electron chi connectivity index (χ2n) is 3.78. The summed E-state index contributed by atoms with van der Waals surface area (Å²) < 4.78 is 0. The molecule has 2 aromatic carbocycles. The average Bonchev–Trinajstić information content (AvgIpc) is 2.42. The van der Waals surface area contributed by atoms with Crippen LogP contribution in [0.2, 0.25) is 0 Å². The Kier molecular flexibility index (Phi) is 4.89. The Morgan fingerprint density at radius 2 is 1.67 bits per heavy atom. The van der Waals surface area contributed by atoms with Gasteiger partial charge < -0.3 is 5.11 Å². The highest BCUT2D eigenvalue weighted by molar-refractivity contribution is 8.04. The van der Waals surface area contributed by atoms with Crippen LogP contribution >= 0.6 is 11.8 Å². The maximum Gasteiger partial charge on any atom is 0.0471 e. The molecule has 1 N–H and O–H groups in total. The zero-order chi connectivity index (χ0) is 12.6. The summed E-state index contributed by atoms with van der Waals surface area (Å²) in [4.78, 5) is 1.12. The van der Waals surface area contributed by atoms with Crippen molar-refractivity contribution in [2.45, 2.75) is 11.3 Å². The molecule has 2 aromatic rings. The quantitative estimate of drug-likeness (QED) is 0.670. The van der Waals surface area contributed by atoms with Crippen molar-refractivity contribution in [3.8, 4) is 11.2 Å². The van der Waals surface area contributed by atoms with Gasteiger partial charge in [-0.15, -0.1) is 0 Å². The maximum absolute atomic E-state index is 9.00. The van der Waals surface area contributed by atoms with E-state index in [1.54, 1.807) is 0 Å². The van der Waals surface area contributed by atoms with Gasteiger partial charge in [-0.2, -0.15) is 0 Å². The summed E-state index contributed by atoms with van der Waals surface area (Å²) in [5.74, 6) is 3.11. The van der Waals surface area contributed by atoms with Crippen molar-refractivity contribution in [2.24, 2.45) is 0 Å². The summed E-state index contributed by atoms with van der Waals surface area (Å²) in [6.07, 6.45) is 0.677. The number of thioether (sulfide) groups is 1. The third kappa shape index (κ3) is 3.66. The van der Waals surface area contributed by atoms with E-state index in [1.807, 2.05) is 54.6 Å². The predicted molar refractivity (Wildman–Crippen MR) is 76.4 cm³/mol. The fraction of sp³-hybridized carbons (Fsp3) is 0.125. The molecular formula is C16H14OS. The molecule has 0 spiro atoms. The molecule has 0 aliphatic carbocycles. The number of benzene rings is 2. The highest BCUT2D eigenvalue weighted by atomic mass is 32.2. The topological polar surface area (TPSA) is 20.2 Å². The van der Waals surface area contributed by atoms with E-state index in [9.17, 15) is 0 Å². The Bertz CT molecular complexity index is 552. The van der Waals surface area contributed by atoms with Crippen LogP contribution in [0.1, 0.15) is 11.1 Å². The molecule has 0 heterocycles. The van der Waals surface area contributed by atoms with E-state index in [0.717, 1.165) is 16.0 Å². The minimum Gasteiger partial charge on any atom is -0.396 e. The summed E-state index contributed by atoms with van der Waals surface area (Å²) in [7, 11) is 0. The van der Waals surface area contributed by atoms with Gasteiger partial charge in [0.05, 0.1) is 0 Å². The highest BCUT2D eigenvalue weighted by Gasteiger charge is 1.99. The number of rotatable bonds is 3. The van der Waals surface area contributed by atoms with Crippen molar-refractivity contribution >= 4 is 11.8 Å². The van der Waals surface area contributed by atoms with Crippen LogP contribution in [-0.4, -0.2) is 11.7 Å². The van der Waals surface area contributed by atoms with Gasteiger partial charge in [-0.3, -0.25) is 0 Å². The van der Waals surface area contributed by atoms with Crippen molar-refractivity contribution in [3.05, 3.63) is 65.7 Å². The van der Waals surface area contributed by atoms with Gasteiger partial charge in [0.1, 0.15) is 0 Å². The first kappa shape index (κ1) is 12.8. The van der Waals surface area contributed by atoms with E-state index in [2.05, 4.69) is 11.2 Å². The Morgan fingerprint density at radius 1 is 0.944 bits per heavy atom. The standard InChI is InChI=1S/C16H14OS/c17-12-10-15-8-4-5-9-16(15)18-13-11-14-6-2-1-3-7-14/h1-9,17H,10,12H2. The summed E-state index contributed by atoms with van der Waals surface area (Å²) >= 11 is 1.51. The molecule has 0 saturated carbocycles. The van der Waals surface area contributed by atoms with Crippen LogP contribution < -0.4 is 0 Å². The average molecular weight is 254 g/mol. The van der Waals surface area contributed by atoms with Gasteiger partial charge in [0.2, 0.25) is 0 Å². The Hall–Kier alpha value is -1.69. The zero-order valence-electron chi connectivity index (χ0n) is 9.97. The van der Waals surface area contributed by atoms with Crippen LogP contribution in [0.15, 0.2) is 59.5 Å². The van der Waals surface area contributed by atoms with Crippen molar-refractivity contribution in [3.63, 3.8) is 0 Å². The fourth-order valence-electron chi connectivity index (χ4n) is 1.59. The zero-order valence-corrected chi connectivity index (χ0v) is 10.8. The van der Waals surface area contributed by atoms with Crippen molar-refractivity contribution in [1.82, 2.24) is 0 Å². The van der Waals surface area contributed by atoms with Gasteiger partial charge in [0, 0.05) is 17.1 Å². The van der Waals surface area contributed by atoms with Crippen LogP contribution in [0.4, 0.5) is 0 Å². The lowest BCUT2D eigenvalue weighted by molar-refractivity contribution is 0.299. The number of hydrogen-bond donors (Lipinski definition) is 1. The molecule has 0 fully saturated rings. The molecule has 2 heteroatoms. The molecule has 0 aromatic heterocycles. The molecule has 0 radical (unpaired) electrons. The first-order valence-corrected chi connectivity index (χ1v) is 6.63. The molecule has 0 bridgehead atoms. The van der Waals surface area contributed by atoms with Gasteiger partial charge >= 0.3 is 0 Å². The first-order chi connectivity index (χ1) is 8.90. The molecular weight excluding hydrogens is 240 g/mol. The molecule has 0 aliphatic heterocycles. The maximum atomic E-state index is 9.00. The third-order valence-corrected chi connectivity index (χ3v) is 3.31. The van der Waals surface area contributed by atoms with Crippen molar-refractivity contribution in [1.29, 1.82) is 0 Å². The van der Waals surface area contributed by atoms with E-state index in [-0.39, 0.29) is 6.61 Å². The highest BCUT2D eigenvalue weighted by Crippen LogP contribution is 2.22. The van der Waals surface area contributed by atoms with E-state index in [1.165, 1.54) is 11.8 Å². The SMILES string of the molecule is OCCc1ccccc1SC#Cc1ccccc1. The largest absolute Gasteiger partial charge is 0.396 e. The van der Waals surface area contributed by atoms with Gasteiger partial charge in [-0.1, -0.05) is 42.3 Å². The lowest BCUT2D eigenvalue weighted by Gasteiger charge is -2.03. The van der Waals surface area contributed by atoms with Crippen LogP contribution in [0.3, 0.4) is 0 Å². The van der Waals surface area contributed by atoms with Crippen LogP contribution in [-0.2, 0) is 6.42 Å². The number of aliphatic hydroxyl groups excluding tert-OH is 1.